The summed E-state index contributed by atoms with van der Waals surface area (Å²) in [4.78, 5) is 12.8. The largest absolute Gasteiger partial charge is 0.324 e. The number of aryl methyl sites for hydroxylation is 1. The summed E-state index contributed by atoms with van der Waals surface area (Å²) in [7, 11) is -3.93. The van der Waals surface area contributed by atoms with Gasteiger partial charge in [0.15, 0.2) is 0 Å². The number of hydrogen-bond acceptors (Lipinski definition) is 3. The Bertz CT molecular complexity index is 1180. The van der Waals surface area contributed by atoms with Crippen molar-refractivity contribution < 1.29 is 13.2 Å². The maximum atomic E-state index is 13.3. The van der Waals surface area contributed by atoms with Crippen molar-refractivity contribution in [3.8, 4) is 0 Å². The number of nitrogens with zero attached hydrogens (tertiary/aromatic N) is 1. The molecule has 1 N–H and O–H groups in total. The molecule has 0 radical (unpaired) electrons. The van der Waals surface area contributed by atoms with Crippen LogP contribution >= 0.6 is 39.1 Å². The maximum absolute atomic E-state index is 13.3. The van der Waals surface area contributed by atoms with Crippen LogP contribution in [-0.2, 0) is 21.4 Å². The van der Waals surface area contributed by atoms with Crippen molar-refractivity contribution in [2.24, 2.45) is 0 Å². The molecule has 3 rings (SSSR count). The molecule has 0 spiro atoms. The molecule has 31 heavy (non-hydrogen) atoms. The van der Waals surface area contributed by atoms with Crippen LogP contribution in [0.25, 0.3) is 0 Å². The number of benzene rings is 3. The average molecular weight is 542 g/mol. The molecule has 3 aromatic rings. The molecule has 5 nitrogen and oxygen atoms in total. The zero-order valence-corrected chi connectivity index (χ0v) is 20.4. The van der Waals surface area contributed by atoms with Gasteiger partial charge in [-0.15, -0.1) is 0 Å². The van der Waals surface area contributed by atoms with Crippen LogP contribution in [0.3, 0.4) is 0 Å². The molecule has 0 aromatic heterocycles. The minimum absolute atomic E-state index is 0.0421. The van der Waals surface area contributed by atoms with Crippen LogP contribution in [0.2, 0.25) is 10.0 Å². The number of sulfonamides is 1. The fourth-order valence-corrected chi connectivity index (χ4v) is 4.92. The van der Waals surface area contributed by atoms with Crippen LogP contribution in [-0.4, -0.2) is 25.2 Å². The predicted octanol–water partition coefficient (Wildman–Crippen LogP) is 5.89. The van der Waals surface area contributed by atoms with E-state index >= 15 is 0 Å². The lowest BCUT2D eigenvalue weighted by Gasteiger charge is -2.22. The molecule has 0 saturated carbocycles. The molecule has 0 fully saturated rings. The minimum Gasteiger partial charge on any atom is -0.324 e. The highest BCUT2D eigenvalue weighted by Crippen LogP contribution is 2.26. The lowest BCUT2D eigenvalue weighted by atomic mass is 10.1. The summed E-state index contributed by atoms with van der Waals surface area (Å²) < 4.78 is 28.5. The first kappa shape index (κ1) is 23.8. The van der Waals surface area contributed by atoms with Crippen LogP contribution in [0.15, 0.2) is 76.1 Å². The lowest BCUT2D eigenvalue weighted by Crippen LogP contribution is -2.37. The number of carbonyl (C=O) groups is 1. The van der Waals surface area contributed by atoms with E-state index in [0.717, 1.165) is 19.9 Å². The summed E-state index contributed by atoms with van der Waals surface area (Å²) in [5, 5.41) is 3.35. The normalized spacial score (nSPS) is 11.5. The van der Waals surface area contributed by atoms with Gasteiger partial charge in [-0.1, -0.05) is 69.0 Å². The van der Waals surface area contributed by atoms with Gasteiger partial charge in [0.1, 0.15) is 0 Å². The van der Waals surface area contributed by atoms with Gasteiger partial charge in [0.25, 0.3) is 0 Å². The van der Waals surface area contributed by atoms with Gasteiger partial charge in [-0.2, -0.15) is 4.31 Å². The average Bonchev–Trinajstić information content (AvgIpc) is 2.71. The number of amides is 1. The molecule has 0 aliphatic carbocycles. The van der Waals surface area contributed by atoms with Gasteiger partial charge in [-0.25, -0.2) is 8.42 Å². The van der Waals surface area contributed by atoms with E-state index in [9.17, 15) is 13.2 Å². The van der Waals surface area contributed by atoms with E-state index in [1.807, 2.05) is 31.2 Å². The fraction of sp³-hybridized carbons (Fsp3) is 0.136. The fourth-order valence-electron chi connectivity index (χ4n) is 2.82. The maximum Gasteiger partial charge on any atom is 0.243 e. The first-order chi connectivity index (χ1) is 14.6. The topological polar surface area (TPSA) is 66.5 Å². The summed E-state index contributed by atoms with van der Waals surface area (Å²) in [6.07, 6.45) is 0. The van der Waals surface area contributed by atoms with Gasteiger partial charge in [-0.05, 0) is 55.0 Å². The standard InChI is InChI=1S/C22H19BrCl2N2O3S/c1-15-2-4-16(5-3-15)13-27(31(29,30)19-9-6-17(23)7-10-19)14-22(28)26-21-11-8-18(24)12-20(21)25/h2-12H,13-14H2,1H3,(H,26,28). The van der Waals surface area contributed by atoms with Gasteiger partial charge in [-0.3, -0.25) is 4.79 Å². The van der Waals surface area contributed by atoms with E-state index in [1.54, 1.807) is 24.3 Å². The van der Waals surface area contributed by atoms with Gasteiger partial charge in [0.05, 0.1) is 22.2 Å². The van der Waals surface area contributed by atoms with Crippen LogP contribution in [0, 0.1) is 6.92 Å². The van der Waals surface area contributed by atoms with E-state index in [1.165, 1.54) is 18.2 Å². The van der Waals surface area contributed by atoms with Crippen molar-refractivity contribution in [3.63, 3.8) is 0 Å². The number of rotatable bonds is 7. The first-order valence-electron chi connectivity index (χ1n) is 9.21. The molecule has 0 bridgehead atoms. The van der Waals surface area contributed by atoms with Gasteiger partial charge in [0, 0.05) is 16.0 Å². The summed E-state index contributed by atoms with van der Waals surface area (Å²) in [6.45, 7) is 1.61. The molecular formula is C22H19BrCl2N2O3S. The Morgan fingerprint density at radius 2 is 1.65 bits per heavy atom. The second-order valence-electron chi connectivity index (χ2n) is 6.88. The summed E-state index contributed by atoms with van der Waals surface area (Å²) in [5.41, 5.74) is 2.18. The van der Waals surface area contributed by atoms with Crippen LogP contribution in [0.4, 0.5) is 5.69 Å². The van der Waals surface area contributed by atoms with Crippen molar-refractivity contribution in [1.82, 2.24) is 4.31 Å². The molecular weight excluding hydrogens is 523 g/mol. The van der Waals surface area contributed by atoms with Crippen LogP contribution in [0.1, 0.15) is 11.1 Å². The lowest BCUT2D eigenvalue weighted by molar-refractivity contribution is -0.116. The summed E-state index contributed by atoms with van der Waals surface area (Å²) >= 11 is 15.3. The van der Waals surface area contributed by atoms with E-state index in [0.29, 0.717) is 10.7 Å². The number of carbonyl (C=O) groups excluding carboxylic acids is 1. The van der Waals surface area contributed by atoms with E-state index in [4.69, 9.17) is 23.2 Å². The Kier molecular flexibility index (Phi) is 7.78. The van der Waals surface area contributed by atoms with Crippen molar-refractivity contribution >= 4 is 60.7 Å². The smallest absolute Gasteiger partial charge is 0.243 e. The molecule has 1 amide bonds. The second-order valence-corrected chi connectivity index (χ2v) is 10.6. The van der Waals surface area contributed by atoms with Crippen molar-refractivity contribution in [2.45, 2.75) is 18.4 Å². The molecule has 0 atom stereocenters. The Hall–Kier alpha value is -1.90. The highest BCUT2D eigenvalue weighted by atomic mass is 79.9. The van der Waals surface area contributed by atoms with Crippen molar-refractivity contribution in [3.05, 3.63) is 92.4 Å². The summed E-state index contributed by atoms with van der Waals surface area (Å²) in [6, 6.07) is 18.4. The third-order valence-electron chi connectivity index (χ3n) is 4.46. The minimum atomic E-state index is -3.93. The molecule has 0 heterocycles. The van der Waals surface area contributed by atoms with Gasteiger partial charge >= 0.3 is 0 Å². The Balaban J connectivity index is 1.88. The number of anilines is 1. The van der Waals surface area contributed by atoms with Crippen LogP contribution in [0.5, 0.6) is 0 Å². The van der Waals surface area contributed by atoms with E-state index in [-0.39, 0.29) is 23.0 Å². The van der Waals surface area contributed by atoms with Crippen molar-refractivity contribution in [2.75, 3.05) is 11.9 Å². The van der Waals surface area contributed by atoms with E-state index in [2.05, 4.69) is 21.2 Å². The Labute approximate surface area is 200 Å². The third kappa shape index (κ3) is 6.30. The number of nitrogens with one attached hydrogen (secondary N) is 1. The quantitative estimate of drug-likeness (QED) is 0.405. The van der Waals surface area contributed by atoms with E-state index < -0.39 is 15.9 Å². The monoisotopic (exact) mass is 540 g/mol. The highest BCUT2D eigenvalue weighted by Gasteiger charge is 2.27. The number of hydrogen-bond donors (Lipinski definition) is 1. The highest BCUT2D eigenvalue weighted by molar-refractivity contribution is 9.10. The van der Waals surface area contributed by atoms with Crippen LogP contribution < -0.4 is 5.32 Å². The molecule has 3 aromatic carbocycles. The predicted molar refractivity (Wildman–Crippen MR) is 128 cm³/mol. The van der Waals surface area contributed by atoms with Gasteiger partial charge in [0.2, 0.25) is 15.9 Å². The van der Waals surface area contributed by atoms with Crippen molar-refractivity contribution in [1.29, 1.82) is 0 Å². The third-order valence-corrected chi connectivity index (χ3v) is 7.34. The SMILES string of the molecule is Cc1ccc(CN(CC(=O)Nc2ccc(Cl)cc2Cl)S(=O)(=O)c2ccc(Br)cc2)cc1. The number of halogens is 3. The molecule has 9 heteroatoms. The molecule has 0 saturated heterocycles. The molecule has 0 aliphatic heterocycles. The molecule has 162 valence electrons. The molecule has 0 unspecified atom stereocenters. The first-order valence-corrected chi connectivity index (χ1v) is 12.2. The molecule has 0 aliphatic rings. The van der Waals surface area contributed by atoms with Gasteiger partial charge < -0.3 is 5.32 Å². The summed E-state index contributed by atoms with van der Waals surface area (Å²) in [5.74, 6) is -0.517. The Morgan fingerprint density at radius 1 is 1.00 bits per heavy atom. The second kappa shape index (κ2) is 10.1. The zero-order valence-electron chi connectivity index (χ0n) is 16.5. The Morgan fingerprint density at radius 3 is 2.26 bits per heavy atom. The zero-order chi connectivity index (χ0) is 22.6.